The van der Waals surface area contributed by atoms with Gasteiger partial charge in [0.1, 0.15) is 0 Å². The van der Waals surface area contributed by atoms with Crippen molar-refractivity contribution in [3.63, 3.8) is 0 Å². The Hall–Kier alpha value is -4.15. The third-order valence-electron chi connectivity index (χ3n) is 12.6. The maximum atomic E-state index is 14.9. The lowest BCUT2D eigenvalue weighted by Gasteiger charge is -2.56. The maximum Gasteiger partial charge on any atom is 0.228 e. The second kappa shape index (κ2) is 15.1. The SMILES string of the molecule is CC[C@]12c3[nH]c4cc(CCC(=O)N(C)C)ccc4c3CCN1C(=O)[C@@H](CC(=O)NCCC1=CCCCC1)C[C@@H]2C(=O)N1CCN(C(=O)C2CC2)CC1. The zero-order valence-electron chi connectivity index (χ0n) is 31.3. The van der Waals surface area contributed by atoms with Crippen LogP contribution in [0.1, 0.15) is 94.4 Å². The first-order valence-corrected chi connectivity index (χ1v) is 19.8. The third-order valence-corrected chi connectivity index (χ3v) is 12.6. The summed E-state index contributed by atoms with van der Waals surface area (Å²) in [5.74, 6) is -0.895. The Labute approximate surface area is 307 Å². The number of piperidine rings is 1. The van der Waals surface area contributed by atoms with Crippen molar-refractivity contribution in [2.45, 2.75) is 95.9 Å². The van der Waals surface area contributed by atoms with Crippen molar-refractivity contribution in [2.75, 3.05) is 53.4 Å². The molecule has 3 atom stereocenters. The first-order valence-electron chi connectivity index (χ1n) is 19.8. The van der Waals surface area contributed by atoms with Crippen LogP contribution < -0.4 is 5.32 Å². The summed E-state index contributed by atoms with van der Waals surface area (Å²) in [6.45, 7) is 5.09. The van der Waals surface area contributed by atoms with Crippen LogP contribution in [0, 0.1) is 17.8 Å². The Balaban J connectivity index is 1.16. The number of fused-ring (bicyclic) bond motifs is 5. The zero-order valence-corrected chi connectivity index (χ0v) is 31.3. The molecule has 0 unspecified atom stereocenters. The number of aromatic amines is 1. The number of nitrogens with zero attached hydrogens (tertiary/aromatic N) is 4. The molecule has 2 aromatic rings. The van der Waals surface area contributed by atoms with Gasteiger partial charge in [-0.15, -0.1) is 0 Å². The van der Waals surface area contributed by atoms with E-state index in [-0.39, 0.29) is 41.9 Å². The molecule has 4 heterocycles. The molecule has 2 aliphatic carbocycles. The molecule has 0 bridgehead atoms. The summed E-state index contributed by atoms with van der Waals surface area (Å²) in [5, 5.41) is 4.17. The van der Waals surface area contributed by atoms with E-state index in [1.54, 1.807) is 19.0 Å². The van der Waals surface area contributed by atoms with Crippen molar-refractivity contribution in [3.8, 4) is 0 Å². The number of aryl methyl sites for hydroxylation is 1. The molecule has 52 heavy (non-hydrogen) atoms. The Morgan fingerprint density at radius 2 is 1.71 bits per heavy atom. The summed E-state index contributed by atoms with van der Waals surface area (Å²) in [4.78, 5) is 79.0. The number of carbonyl (C=O) groups excluding carboxylic acids is 5. The van der Waals surface area contributed by atoms with Crippen LogP contribution >= 0.6 is 0 Å². The zero-order chi connectivity index (χ0) is 36.6. The maximum absolute atomic E-state index is 14.9. The van der Waals surface area contributed by atoms with E-state index >= 15 is 0 Å². The van der Waals surface area contributed by atoms with Gasteiger partial charge in [-0.25, -0.2) is 0 Å². The van der Waals surface area contributed by atoms with Gasteiger partial charge in [0.05, 0.1) is 11.5 Å². The fraction of sp³-hybridized carbons (Fsp3) is 0.634. The van der Waals surface area contributed by atoms with E-state index in [0.717, 1.165) is 59.8 Å². The minimum absolute atomic E-state index is 0.00177. The quantitative estimate of drug-likeness (QED) is 0.337. The Kier molecular flexibility index (Phi) is 10.5. The number of carbonyl (C=O) groups is 5. The highest BCUT2D eigenvalue weighted by Gasteiger charge is 2.59. The standard InChI is InChI=1S/C41H56N6O5/c1-4-41-33(40(52)46-22-20-45(21-23-46)38(50)29-12-13-29)25-30(26-35(48)42-18-16-27-8-6-5-7-9-27)39(51)47(41)19-17-32-31-14-10-28(11-15-36(49)44(2)3)24-34(31)43-37(32)41/h8,10,14,24,29-30,33,43H,4-7,9,11-13,15-23,25-26H2,1-3H3,(H,42,48)/t30-,33-,41+/m1/s1. The first kappa shape index (κ1) is 36.2. The van der Waals surface area contributed by atoms with Gasteiger partial charge in [-0.3, -0.25) is 24.0 Å². The van der Waals surface area contributed by atoms with E-state index in [1.165, 1.54) is 18.4 Å². The average Bonchev–Trinajstić information content (AvgIpc) is 3.94. The molecule has 280 valence electrons. The molecule has 0 radical (unpaired) electrons. The van der Waals surface area contributed by atoms with Crippen molar-refractivity contribution < 1.29 is 24.0 Å². The molecule has 11 heteroatoms. The number of nitrogens with one attached hydrogen (secondary N) is 2. The van der Waals surface area contributed by atoms with Crippen molar-refractivity contribution in [1.29, 1.82) is 0 Å². The van der Waals surface area contributed by atoms with Crippen molar-refractivity contribution in [1.82, 2.24) is 29.9 Å². The predicted molar refractivity (Wildman–Crippen MR) is 199 cm³/mol. The van der Waals surface area contributed by atoms with Crippen molar-refractivity contribution in [2.24, 2.45) is 17.8 Å². The highest BCUT2D eigenvalue weighted by atomic mass is 16.2. The Morgan fingerprint density at radius 1 is 0.962 bits per heavy atom. The average molecular weight is 713 g/mol. The van der Waals surface area contributed by atoms with Crippen LogP contribution in [0.3, 0.4) is 0 Å². The lowest BCUT2D eigenvalue weighted by Crippen LogP contribution is -2.66. The molecule has 2 saturated heterocycles. The van der Waals surface area contributed by atoms with E-state index in [4.69, 9.17) is 0 Å². The number of hydrogen-bond acceptors (Lipinski definition) is 5. The van der Waals surface area contributed by atoms with Crippen LogP contribution in [0.2, 0.25) is 0 Å². The van der Waals surface area contributed by atoms with E-state index in [0.29, 0.717) is 71.4 Å². The molecule has 5 amide bonds. The van der Waals surface area contributed by atoms with Crippen LogP contribution in [0.25, 0.3) is 10.9 Å². The molecule has 1 saturated carbocycles. The fourth-order valence-corrected chi connectivity index (χ4v) is 9.43. The molecule has 1 aromatic heterocycles. The molecule has 11 nitrogen and oxygen atoms in total. The third kappa shape index (κ3) is 6.99. The van der Waals surface area contributed by atoms with Gasteiger partial charge in [-0.2, -0.15) is 0 Å². The number of rotatable bonds is 11. The van der Waals surface area contributed by atoms with Gasteiger partial charge in [0.15, 0.2) is 0 Å². The van der Waals surface area contributed by atoms with Crippen LogP contribution in [-0.2, 0) is 42.4 Å². The monoisotopic (exact) mass is 712 g/mol. The Morgan fingerprint density at radius 3 is 2.38 bits per heavy atom. The summed E-state index contributed by atoms with van der Waals surface area (Å²) in [6, 6.07) is 6.31. The van der Waals surface area contributed by atoms with Crippen LogP contribution in [-0.4, -0.2) is 107 Å². The number of allylic oxidation sites excluding steroid dienone is 1. The molecule has 0 spiro atoms. The smallest absolute Gasteiger partial charge is 0.228 e. The number of piperazine rings is 1. The van der Waals surface area contributed by atoms with Crippen LogP contribution in [0.5, 0.6) is 0 Å². The molecular weight excluding hydrogens is 656 g/mol. The molecular formula is C41H56N6O5. The number of hydrogen-bond donors (Lipinski definition) is 2. The van der Waals surface area contributed by atoms with Gasteiger partial charge < -0.3 is 29.9 Å². The summed E-state index contributed by atoms with van der Waals surface area (Å²) < 4.78 is 0. The lowest BCUT2D eigenvalue weighted by molar-refractivity contribution is -0.167. The van der Waals surface area contributed by atoms with Crippen molar-refractivity contribution >= 4 is 40.4 Å². The molecule has 3 aliphatic heterocycles. The predicted octanol–water partition coefficient (Wildman–Crippen LogP) is 4.29. The second-order valence-corrected chi connectivity index (χ2v) is 16.0. The molecule has 1 aromatic carbocycles. The van der Waals surface area contributed by atoms with Gasteiger partial charge in [-0.1, -0.05) is 30.7 Å². The normalized spacial score (nSPS) is 24.6. The van der Waals surface area contributed by atoms with E-state index < -0.39 is 17.4 Å². The number of amides is 5. The summed E-state index contributed by atoms with van der Waals surface area (Å²) in [5.41, 5.74) is 4.59. The molecule has 2 N–H and O–H groups in total. The fourth-order valence-electron chi connectivity index (χ4n) is 9.43. The number of benzene rings is 1. The lowest BCUT2D eigenvalue weighted by atomic mass is 9.65. The van der Waals surface area contributed by atoms with Gasteiger partial charge in [0, 0.05) is 94.6 Å². The summed E-state index contributed by atoms with van der Waals surface area (Å²) >= 11 is 0. The van der Waals surface area contributed by atoms with E-state index in [9.17, 15) is 24.0 Å². The molecule has 3 fully saturated rings. The minimum atomic E-state index is -0.886. The highest BCUT2D eigenvalue weighted by Crippen LogP contribution is 2.52. The minimum Gasteiger partial charge on any atom is -0.356 e. The highest BCUT2D eigenvalue weighted by molar-refractivity contribution is 5.93. The molecule has 7 rings (SSSR count). The van der Waals surface area contributed by atoms with E-state index in [1.807, 2.05) is 14.7 Å². The summed E-state index contributed by atoms with van der Waals surface area (Å²) in [6.07, 6.45) is 12.3. The topological polar surface area (TPSA) is 126 Å². The van der Waals surface area contributed by atoms with Crippen molar-refractivity contribution in [3.05, 3.63) is 46.7 Å². The van der Waals surface area contributed by atoms with Gasteiger partial charge in [0.25, 0.3) is 0 Å². The first-order chi connectivity index (χ1) is 25.1. The largest absolute Gasteiger partial charge is 0.356 e. The van der Waals surface area contributed by atoms with E-state index in [2.05, 4.69) is 41.5 Å². The second-order valence-electron chi connectivity index (χ2n) is 16.0. The number of aromatic nitrogens is 1. The van der Waals surface area contributed by atoms with Crippen LogP contribution in [0.15, 0.2) is 29.8 Å². The molecule has 5 aliphatic rings. The van der Waals surface area contributed by atoms with Crippen LogP contribution in [0.4, 0.5) is 0 Å². The number of H-pyrrole nitrogens is 1. The van der Waals surface area contributed by atoms with Gasteiger partial charge in [0.2, 0.25) is 29.5 Å². The van der Waals surface area contributed by atoms with Gasteiger partial charge >= 0.3 is 0 Å². The van der Waals surface area contributed by atoms with Gasteiger partial charge in [-0.05, 0) is 87.8 Å². The summed E-state index contributed by atoms with van der Waals surface area (Å²) in [7, 11) is 3.54. The Bertz CT molecular complexity index is 1750.